The summed E-state index contributed by atoms with van der Waals surface area (Å²) < 4.78 is 11.9. The minimum atomic E-state index is -0.315. The summed E-state index contributed by atoms with van der Waals surface area (Å²) in [5.74, 6) is 0.265. The Hall–Kier alpha value is -3.60. The third-order valence-corrected chi connectivity index (χ3v) is 7.89. The Labute approximate surface area is 245 Å². The van der Waals surface area contributed by atoms with E-state index in [1.165, 1.54) is 77.0 Å². The van der Waals surface area contributed by atoms with Crippen molar-refractivity contribution in [2.24, 2.45) is 0 Å². The van der Waals surface area contributed by atoms with Gasteiger partial charge in [-0.05, 0) is 42.3 Å². The molecule has 0 amide bonds. The molecular formula is C36H46N2O3. The van der Waals surface area contributed by atoms with E-state index in [1.807, 2.05) is 42.5 Å². The van der Waals surface area contributed by atoms with E-state index in [-0.39, 0.29) is 5.97 Å². The van der Waals surface area contributed by atoms with Crippen molar-refractivity contribution in [3.8, 4) is 22.5 Å². The predicted molar refractivity (Wildman–Crippen MR) is 169 cm³/mol. The van der Waals surface area contributed by atoms with E-state index in [9.17, 15) is 4.79 Å². The number of anilines is 1. The molecule has 1 aliphatic carbocycles. The summed E-state index contributed by atoms with van der Waals surface area (Å²) in [6.45, 7) is 2.70. The van der Waals surface area contributed by atoms with Crippen LogP contribution in [0.1, 0.15) is 107 Å². The van der Waals surface area contributed by atoms with Gasteiger partial charge in [0.25, 0.3) is 0 Å². The standard InChI is InChI=1S/C36H46N2O3/c1-2-3-4-5-6-7-8-9-10-11-12-13-14-17-24-40-36(39)30-19-16-15-18-29(30)35-31-22-20-27(37)25-33(31)41-34-26-28(38)21-23-32(34)35/h15-16,18-23,25-26,37H,2-14,17,24,38H2,1H3. The van der Waals surface area contributed by atoms with E-state index in [4.69, 9.17) is 20.3 Å². The van der Waals surface area contributed by atoms with Crippen LogP contribution >= 0.6 is 0 Å². The van der Waals surface area contributed by atoms with Gasteiger partial charge in [-0.3, -0.25) is 0 Å². The molecule has 0 saturated carbocycles. The van der Waals surface area contributed by atoms with Gasteiger partial charge in [0.05, 0.1) is 17.5 Å². The maximum atomic E-state index is 13.3. The van der Waals surface area contributed by atoms with E-state index < -0.39 is 0 Å². The van der Waals surface area contributed by atoms with Crippen molar-refractivity contribution in [1.29, 1.82) is 5.41 Å². The van der Waals surface area contributed by atoms with Crippen LogP contribution in [0.4, 0.5) is 5.69 Å². The molecule has 0 saturated heterocycles. The number of carbonyl (C=O) groups excluding carboxylic acids is 1. The lowest BCUT2D eigenvalue weighted by Gasteiger charge is -2.17. The number of fused-ring (bicyclic) bond motifs is 2. The number of nitrogen functional groups attached to an aromatic ring is 1. The van der Waals surface area contributed by atoms with Crippen molar-refractivity contribution in [1.82, 2.24) is 0 Å². The number of carbonyl (C=O) groups is 1. The summed E-state index contributed by atoms with van der Waals surface area (Å²) in [5.41, 5.74) is 10.3. The van der Waals surface area contributed by atoms with E-state index in [0.29, 0.717) is 34.6 Å². The third kappa shape index (κ3) is 8.69. The number of rotatable bonds is 17. The monoisotopic (exact) mass is 554 g/mol. The first kappa shape index (κ1) is 30.4. The van der Waals surface area contributed by atoms with E-state index >= 15 is 0 Å². The summed E-state index contributed by atoms with van der Waals surface area (Å²) in [6, 6.07) is 18.4. The molecule has 1 aliphatic heterocycles. The zero-order valence-electron chi connectivity index (χ0n) is 24.7. The van der Waals surface area contributed by atoms with E-state index in [2.05, 4.69) is 6.92 Å². The van der Waals surface area contributed by atoms with Crippen molar-refractivity contribution in [2.75, 3.05) is 12.3 Å². The van der Waals surface area contributed by atoms with Crippen LogP contribution in [-0.2, 0) is 4.74 Å². The number of unbranched alkanes of at least 4 members (excludes halogenated alkanes) is 13. The van der Waals surface area contributed by atoms with Crippen molar-refractivity contribution in [3.05, 3.63) is 71.6 Å². The molecule has 5 nitrogen and oxygen atoms in total. The molecule has 2 aliphatic rings. The van der Waals surface area contributed by atoms with Crippen LogP contribution in [0, 0.1) is 5.41 Å². The Morgan fingerprint density at radius 1 is 0.756 bits per heavy atom. The summed E-state index contributed by atoms with van der Waals surface area (Å²) in [6.07, 6.45) is 18.1. The molecule has 5 heteroatoms. The third-order valence-electron chi connectivity index (χ3n) is 7.89. The second-order valence-corrected chi connectivity index (χ2v) is 11.2. The Bertz CT molecular complexity index is 1420. The summed E-state index contributed by atoms with van der Waals surface area (Å²) in [4.78, 5) is 13.3. The largest absolute Gasteiger partial charge is 0.462 e. The molecule has 0 radical (unpaired) electrons. The topological polar surface area (TPSA) is 89.3 Å². The second kappa shape index (κ2) is 16.0. The number of ether oxygens (including phenoxy) is 1. The molecule has 0 atom stereocenters. The van der Waals surface area contributed by atoms with Crippen molar-refractivity contribution in [3.63, 3.8) is 0 Å². The highest BCUT2D eigenvalue weighted by molar-refractivity contribution is 6.08. The summed E-state index contributed by atoms with van der Waals surface area (Å²) in [7, 11) is 0. The Morgan fingerprint density at radius 3 is 2.07 bits per heavy atom. The average molecular weight is 555 g/mol. The Balaban J connectivity index is 1.28. The molecular weight excluding hydrogens is 508 g/mol. The van der Waals surface area contributed by atoms with Gasteiger partial charge in [0, 0.05) is 34.3 Å². The molecule has 2 aromatic carbocycles. The van der Waals surface area contributed by atoms with Crippen molar-refractivity contribution < 1.29 is 13.9 Å². The zero-order chi connectivity index (χ0) is 28.9. The number of nitrogens with one attached hydrogen (secondary N) is 1. The first-order valence-corrected chi connectivity index (χ1v) is 15.7. The molecule has 0 aromatic heterocycles. The fraction of sp³-hybridized carbons (Fsp3) is 0.444. The lowest BCUT2D eigenvalue weighted by molar-refractivity contribution is 0.0498. The van der Waals surface area contributed by atoms with Gasteiger partial charge >= 0.3 is 5.97 Å². The molecule has 2 aromatic rings. The van der Waals surface area contributed by atoms with Gasteiger partial charge in [-0.1, -0.05) is 109 Å². The zero-order valence-corrected chi connectivity index (χ0v) is 24.7. The molecule has 0 spiro atoms. The Kier molecular flexibility index (Phi) is 11.8. The van der Waals surface area contributed by atoms with Crippen molar-refractivity contribution in [2.45, 2.75) is 96.8 Å². The molecule has 1 heterocycles. The number of hydrogen-bond donors (Lipinski definition) is 2. The molecule has 0 bridgehead atoms. The van der Waals surface area contributed by atoms with Gasteiger partial charge < -0.3 is 20.3 Å². The van der Waals surface area contributed by atoms with Gasteiger partial charge in [0.15, 0.2) is 0 Å². The fourth-order valence-corrected chi connectivity index (χ4v) is 5.62. The summed E-state index contributed by atoms with van der Waals surface area (Å²) in [5, 5.41) is 9.28. The van der Waals surface area contributed by atoms with Gasteiger partial charge in [0.1, 0.15) is 11.3 Å². The normalized spacial score (nSPS) is 11.3. The molecule has 0 unspecified atom stereocenters. The number of hydrogen-bond acceptors (Lipinski definition) is 5. The van der Waals surface area contributed by atoms with Crippen LogP contribution < -0.4 is 11.1 Å². The smallest absolute Gasteiger partial charge is 0.338 e. The van der Waals surface area contributed by atoms with Gasteiger partial charge in [-0.25, -0.2) is 4.79 Å². The Morgan fingerprint density at radius 2 is 1.39 bits per heavy atom. The van der Waals surface area contributed by atoms with Crippen LogP contribution in [0.3, 0.4) is 0 Å². The highest BCUT2D eigenvalue weighted by atomic mass is 16.5. The molecule has 3 N–H and O–H groups in total. The highest BCUT2D eigenvalue weighted by Crippen LogP contribution is 2.41. The quantitative estimate of drug-likeness (QED) is 0.0588. The van der Waals surface area contributed by atoms with Crippen LogP contribution in [-0.4, -0.2) is 12.6 Å². The first-order valence-electron chi connectivity index (χ1n) is 15.7. The lowest BCUT2D eigenvalue weighted by atomic mass is 9.90. The van der Waals surface area contributed by atoms with Crippen LogP contribution in [0.25, 0.3) is 33.4 Å². The molecule has 0 fully saturated rings. The van der Waals surface area contributed by atoms with Gasteiger partial charge in [-0.15, -0.1) is 0 Å². The van der Waals surface area contributed by atoms with E-state index in [1.54, 1.807) is 18.2 Å². The summed E-state index contributed by atoms with van der Waals surface area (Å²) >= 11 is 0. The number of nitrogens with two attached hydrogens (primary N) is 1. The number of benzene rings is 3. The minimum Gasteiger partial charge on any atom is -0.462 e. The average Bonchev–Trinajstić information content (AvgIpc) is 2.97. The number of esters is 1. The van der Waals surface area contributed by atoms with Crippen molar-refractivity contribution >= 4 is 22.6 Å². The fourth-order valence-electron chi connectivity index (χ4n) is 5.62. The molecule has 41 heavy (non-hydrogen) atoms. The first-order chi connectivity index (χ1) is 20.1. The van der Waals surface area contributed by atoms with Gasteiger partial charge in [-0.2, -0.15) is 0 Å². The highest BCUT2D eigenvalue weighted by Gasteiger charge is 2.22. The maximum Gasteiger partial charge on any atom is 0.338 e. The maximum absolute atomic E-state index is 13.3. The predicted octanol–water partition coefficient (Wildman–Crippen LogP) is 9.90. The SMILES string of the molecule is CCCCCCCCCCCCCCCCOC(=O)c1ccccc1-c1c2ccc(=N)cc-2oc2cc(N)ccc12. The molecule has 4 rings (SSSR count). The van der Waals surface area contributed by atoms with Crippen LogP contribution in [0.5, 0.6) is 0 Å². The van der Waals surface area contributed by atoms with Crippen LogP contribution in [0.2, 0.25) is 0 Å². The van der Waals surface area contributed by atoms with Gasteiger partial charge in [0.2, 0.25) is 0 Å². The van der Waals surface area contributed by atoms with E-state index in [0.717, 1.165) is 34.9 Å². The second-order valence-electron chi connectivity index (χ2n) is 11.2. The molecule has 218 valence electrons. The lowest BCUT2D eigenvalue weighted by Crippen LogP contribution is -2.09. The van der Waals surface area contributed by atoms with Crippen LogP contribution in [0.15, 0.2) is 65.1 Å². The minimum absolute atomic E-state index is 0.315.